The Morgan fingerprint density at radius 3 is 2.88 bits per heavy atom. The molecule has 0 saturated heterocycles. The molecule has 0 aliphatic heterocycles. The molecule has 2 N–H and O–H groups in total. The van der Waals surface area contributed by atoms with Crippen LogP contribution in [0.3, 0.4) is 0 Å². The van der Waals surface area contributed by atoms with Gasteiger partial charge in [0.15, 0.2) is 0 Å². The Bertz CT molecular complexity index is 379. The highest BCUT2D eigenvalue weighted by Crippen LogP contribution is 2.14. The second-order valence-corrected chi connectivity index (χ2v) is 4.06. The van der Waals surface area contributed by atoms with Gasteiger partial charge in [-0.3, -0.25) is 4.79 Å². The summed E-state index contributed by atoms with van der Waals surface area (Å²) in [6.07, 6.45) is 1.72. The molecule has 1 amide bonds. The van der Waals surface area contributed by atoms with Crippen molar-refractivity contribution in [1.29, 1.82) is 5.41 Å². The molecule has 4 heteroatoms. The molecule has 1 aromatic rings. The van der Waals surface area contributed by atoms with Crippen LogP contribution in [0.15, 0.2) is 24.3 Å². The lowest BCUT2D eigenvalue weighted by Gasteiger charge is -2.10. The summed E-state index contributed by atoms with van der Waals surface area (Å²) in [6, 6.07) is 7.41. The van der Waals surface area contributed by atoms with E-state index in [-0.39, 0.29) is 11.8 Å². The minimum absolute atomic E-state index is 0.0524. The van der Waals surface area contributed by atoms with Gasteiger partial charge in [-0.25, -0.2) is 0 Å². The summed E-state index contributed by atoms with van der Waals surface area (Å²) < 4.78 is 0. The number of amides is 1. The van der Waals surface area contributed by atoms with Crippen LogP contribution in [-0.4, -0.2) is 12.1 Å². The molecule has 1 unspecified atom stereocenters. The molecule has 0 heterocycles. The summed E-state index contributed by atoms with van der Waals surface area (Å²) >= 11 is 5.96. The maximum atomic E-state index is 11.6. The average molecular weight is 239 g/mol. The van der Waals surface area contributed by atoms with E-state index in [9.17, 15) is 4.79 Å². The first-order valence-corrected chi connectivity index (χ1v) is 5.53. The Balaban J connectivity index is 2.49. The number of nitrogens with one attached hydrogen (secondary N) is 2. The van der Waals surface area contributed by atoms with Gasteiger partial charge in [0.25, 0.3) is 0 Å². The Morgan fingerprint density at radius 2 is 2.25 bits per heavy atom. The molecule has 0 aliphatic carbocycles. The van der Waals surface area contributed by atoms with Crippen LogP contribution in [0.25, 0.3) is 0 Å². The van der Waals surface area contributed by atoms with Crippen LogP contribution in [0.2, 0.25) is 5.02 Å². The third-order valence-electron chi connectivity index (χ3n) is 2.33. The zero-order chi connectivity index (χ0) is 12.0. The molecule has 3 nitrogen and oxygen atoms in total. The van der Waals surface area contributed by atoms with Gasteiger partial charge in [-0.05, 0) is 24.3 Å². The lowest BCUT2D eigenvalue weighted by atomic mass is 10.1. The highest BCUT2D eigenvalue weighted by atomic mass is 35.5. The van der Waals surface area contributed by atoms with Crippen molar-refractivity contribution >= 4 is 23.7 Å². The lowest BCUT2D eigenvalue weighted by Crippen LogP contribution is -2.28. The van der Waals surface area contributed by atoms with Gasteiger partial charge in [-0.1, -0.05) is 36.7 Å². The highest BCUT2D eigenvalue weighted by Gasteiger charge is 2.11. The summed E-state index contributed by atoms with van der Waals surface area (Å²) in [7, 11) is 0. The molecule has 86 valence electrons. The summed E-state index contributed by atoms with van der Waals surface area (Å²) in [5, 5.41) is 10.4. The fraction of sp³-hybridized carbons (Fsp3) is 0.333. The first-order valence-electron chi connectivity index (χ1n) is 5.15. The van der Waals surface area contributed by atoms with E-state index >= 15 is 0 Å². The number of benzene rings is 1. The maximum absolute atomic E-state index is 11.6. The van der Waals surface area contributed by atoms with E-state index in [1.54, 1.807) is 13.0 Å². The van der Waals surface area contributed by atoms with Gasteiger partial charge >= 0.3 is 0 Å². The number of hydrogen-bond donors (Lipinski definition) is 2. The molecular formula is C12H15ClN2O. The smallest absolute Gasteiger partial charge is 0.223 e. The molecule has 0 fully saturated rings. The van der Waals surface area contributed by atoms with E-state index in [4.69, 9.17) is 17.0 Å². The molecule has 16 heavy (non-hydrogen) atoms. The van der Waals surface area contributed by atoms with Crippen molar-refractivity contribution in [1.82, 2.24) is 5.32 Å². The van der Waals surface area contributed by atoms with Gasteiger partial charge in [0.05, 0.1) is 0 Å². The van der Waals surface area contributed by atoms with Crippen LogP contribution >= 0.6 is 11.6 Å². The summed E-state index contributed by atoms with van der Waals surface area (Å²) in [4.78, 5) is 11.6. The number of carbonyl (C=O) groups excluding carboxylic acids is 1. The van der Waals surface area contributed by atoms with E-state index < -0.39 is 0 Å². The predicted octanol–water partition coefficient (Wildman–Crippen LogP) is 2.63. The molecular weight excluding hydrogens is 224 g/mol. The van der Waals surface area contributed by atoms with E-state index in [0.29, 0.717) is 18.0 Å². The third-order valence-corrected chi connectivity index (χ3v) is 2.70. The lowest BCUT2D eigenvalue weighted by molar-refractivity contribution is -0.124. The first kappa shape index (κ1) is 12.7. The number of hydrogen-bond acceptors (Lipinski definition) is 2. The van der Waals surface area contributed by atoms with E-state index in [2.05, 4.69) is 5.32 Å². The summed E-state index contributed by atoms with van der Waals surface area (Å²) in [6.45, 7) is 2.23. The maximum Gasteiger partial charge on any atom is 0.223 e. The van der Waals surface area contributed by atoms with E-state index in [1.807, 2.05) is 18.2 Å². The quantitative estimate of drug-likeness (QED) is 0.762. The van der Waals surface area contributed by atoms with Gasteiger partial charge in [-0.15, -0.1) is 0 Å². The monoisotopic (exact) mass is 238 g/mol. The number of halogens is 1. The SMILES string of the molecule is CC(CC=N)C(=O)NCc1ccccc1Cl. The van der Waals surface area contributed by atoms with Gasteiger partial charge in [-0.2, -0.15) is 0 Å². The first-order chi connectivity index (χ1) is 7.65. The zero-order valence-corrected chi connectivity index (χ0v) is 9.92. The van der Waals surface area contributed by atoms with Gasteiger partial charge in [0.1, 0.15) is 0 Å². The third kappa shape index (κ3) is 3.66. The Labute approximate surface area is 100 Å². The largest absolute Gasteiger partial charge is 0.352 e. The fourth-order valence-corrected chi connectivity index (χ4v) is 1.48. The molecule has 1 aromatic carbocycles. The molecule has 0 spiro atoms. The highest BCUT2D eigenvalue weighted by molar-refractivity contribution is 6.31. The molecule has 1 atom stereocenters. The van der Waals surface area contributed by atoms with Crippen LogP contribution in [0, 0.1) is 11.3 Å². The minimum atomic E-state index is -0.167. The number of carbonyl (C=O) groups is 1. The minimum Gasteiger partial charge on any atom is -0.352 e. The van der Waals surface area contributed by atoms with E-state index in [0.717, 1.165) is 5.56 Å². The van der Waals surface area contributed by atoms with Gasteiger partial charge < -0.3 is 10.7 Å². The van der Waals surface area contributed by atoms with Crippen molar-refractivity contribution in [2.45, 2.75) is 19.9 Å². The molecule has 0 aromatic heterocycles. The van der Waals surface area contributed by atoms with Crippen molar-refractivity contribution in [3.05, 3.63) is 34.9 Å². The zero-order valence-electron chi connectivity index (χ0n) is 9.16. The normalized spacial score (nSPS) is 11.9. The Morgan fingerprint density at radius 1 is 1.56 bits per heavy atom. The van der Waals surface area contributed by atoms with Crippen LogP contribution in [-0.2, 0) is 11.3 Å². The van der Waals surface area contributed by atoms with Crippen LogP contribution in [0.4, 0.5) is 0 Å². The topological polar surface area (TPSA) is 53.0 Å². The second-order valence-electron chi connectivity index (χ2n) is 3.65. The van der Waals surface area contributed by atoms with Crippen LogP contribution < -0.4 is 5.32 Å². The van der Waals surface area contributed by atoms with Crippen LogP contribution in [0.1, 0.15) is 18.9 Å². The number of rotatable bonds is 5. The Hall–Kier alpha value is -1.35. The van der Waals surface area contributed by atoms with Crippen molar-refractivity contribution in [3.63, 3.8) is 0 Å². The van der Waals surface area contributed by atoms with Crippen molar-refractivity contribution in [2.24, 2.45) is 5.92 Å². The molecule has 0 saturated carbocycles. The molecule has 0 radical (unpaired) electrons. The van der Waals surface area contributed by atoms with E-state index in [1.165, 1.54) is 6.21 Å². The second kappa shape index (κ2) is 6.28. The molecule has 1 rings (SSSR count). The van der Waals surface area contributed by atoms with Gasteiger partial charge in [0, 0.05) is 17.5 Å². The fourth-order valence-electron chi connectivity index (χ4n) is 1.28. The molecule has 0 bridgehead atoms. The summed E-state index contributed by atoms with van der Waals surface area (Å²) in [5.74, 6) is -0.219. The summed E-state index contributed by atoms with van der Waals surface area (Å²) in [5.41, 5.74) is 0.902. The van der Waals surface area contributed by atoms with Crippen molar-refractivity contribution < 1.29 is 4.79 Å². The van der Waals surface area contributed by atoms with Gasteiger partial charge in [0.2, 0.25) is 5.91 Å². The van der Waals surface area contributed by atoms with Crippen molar-refractivity contribution in [3.8, 4) is 0 Å². The predicted molar refractivity (Wildman–Crippen MR) is 65.9 cm³/mol. The standard InChI is InChI=1S/C12H15ClN2O/c1-9(6-7-14)12(16)15-8-10-4-2-3-5-11(10)13/h2-5,7,9,14H,6,8H2,1H3,(H,15,16). The average Bonchev–Trinajstić information content (AvgIpc) is 2.28. The van der Waals surface area contributed by atoms with Crippen molar-refractivity contribution in [2.75, 3.05) is 0 Å². The van der Waals surface area contributed by atoms with Crippen LogP contribution in [0.5, 0.6) is 0 Å². The Kier molecular flexibility index (Phi) is 4.99. The molecule has 0 aliphatic rings.